The summed E-state index contributed by atoms with van der Waals surface area (Å²) in [5.41, 5.74) is 0. The third-order valence-corrected chi connectivity index (χ3v) is 3.63. The average Bonchev–Trinajstić information content (AvgIpc) is 2.88. The summed E-state index contributed by atoms with van der Waals surface area (Å²) >= 11 is 3.39. The van der Waals surface area contributed by atoms with E-state index in [0.29, 0.717) is 26.4 Å². The summed E-state index contributed by atoms with van der Waals surface area (Å²) in [6.07, 6.45) is 3.13. The van der Waals surface area contributed by atoms with E-state index in [1.807, 2.05) is 32.9 Å². The van der Waals surface area contributed by atoms with E-state index in [2.05, 4.69) is 15.9 Å². The monoisotopic (exact) mass is 396 g/mol. The van der Waals surface area contributed by atoms with Crippen molar-refractivity contribution in [3.8, 4) is 0 Å². The van der Waals surface area contributed by atoms with Crippen molar-refractivity contribution in [1.82, 2.24) is 0 Å². The van der Waals surface area contributed by atoms with Gasteiger partial charge in [-0.3, -0.25) is 0 Å². The lowest BCUT2D eigenvalue weighted by atomic mass is 10.1. The molecule has 1 heterocycles. The van der Waals surface area contributed by atoms with Gasteiger partial charge in [0, 0.05) is 19.0 Å². The highest BCUT2D eigenvalue weighted by Crippen LogP contribution is 2.27. The Morgan fingerprint density at radius 1 is 1.30 bits per heavy atom. The standard InChI is InChI=1S/C16H29BrO6/c1-5-19-9-10-20-13(7-6-8-17)15(21-12-18-4)14-11-22-16(2,3)23-14/h6-7,13-15H,5,8-12H2,1-4H3/b7-6+/t13-,14-,15-/m1/s1. The predicted octanol–water partition coefficient (Wildman–Crippen LogP) is 2.50. The van der Waals surface area contributed by atoms with Crippen LogP contribution in [-0.2, 0) is 28.4 Å². The molecule has 0 saturated carbocycles. The zero-order chi connectivity index (χ0) is 17.1. The lowest BCUT2D eigenvalue weighted by Gasteiger charge is -2.29. The molecule has 0 aromatic heterocycles. The van der Waals surface area contributed by atoms with Gasteiger partial charge in [0.2, 0.25) is 0 Å². The van der Waals surface area contributed by atoms with Gasteiger partial charge in [0.25, 0.3) is 0 Å². The van der Waals surface area contributed by atoms with Gasteiger partial charge in [0.1, 0.15) is 25.1 Å². The Hall–Kier alpha value is -0.0200. The number of ether oxygens (including phenoxy) is 6. The number of methoxy groups -OCH3 is 1. The van der Waals surface area contributed by atoms with Crippen molar-refractivity contribution in [2.75, 3.05) is 45.7 Å². The minimum Gasteiger partial charge on any atom is -0.379 e. The van der Waals surface area contributed by atoms with E-state index in [0.717, 1.165) is 5.33 Å². The second kappa shape index (κ2) is 11.5. The van der Waals surface area contributed by atoms with Gasteiger partial charge in [0.15, 0.2) is 5.79 Å². The molecule has 0 aromatic carbocycles. The first kappa shape index (κ1) is 21.0. The van der Waals surface area contributed by atoms with Gasteiger partial charge in [0.05, 0.1) is 19.8 Å². The van der Waals surface area contributed by atoms with Crippen LogP contribution in [-0.4, -0.2) is 69.8 Å². The van der Waals surface area contributed by atoms with Crippen molar-refractivity contribution in [3.63, 3.8) is 0 Å². The van der Waals surface area contributed by atoms with Gasteiger partial charge in [-0.25, -0.2) is 0 Å². The molecule has 1 fully saturated rings. The van der Waals surface area contributed by atoms with Crippen LogP contribution in [0.5, 0.6) is 0 Å². The first-order valence-corrected chi connectivity index (χ1v) is 9.00. The molecule has 136 valence electrons. The lowest BCUT2D eigenvalue weighted by molar-refractivity contribution is -0.188. The predicted molar refractivity (Wildman–Crippen MR) is 90.8 cm³/mol. The number of hydrogen-bond acceptors (Lipinski definition) is 6. The van der Waals surface area contributed by atoms with Crippen molar-refractivity contribution < 1.29 is 28.4 Å². The van der Waals surface area contributed by atoms with Crippen LogP contribution in [0.2, 0.25) is 0 Å². The Morgan fingerprint density at radius 2 is 2.09 bits per heavy atom. The number of allylic oxidation sites excluding steroid dienone is 1. The fourth-order valence-corrected chi connectivity index (χ4v) is 2.49. The van der Waals surface area contributed by atoms with Crippen LogP contribution < -0.4 is 0 Å². The van der Waals surface area contributed by atoms with Gasteiger partial charge < -0.3 is 28.4 Å². The van der Waals surface area contributed by atoms with Crippen molar-refractivity contribution in [2.24, 2.45) is 0 Å². The van der Waals surface area contributed by atoms with Crippen LogP contribution in [0.3, 0.4) is 0 Å². The van der Waals surface area contributed by atoms with Crippen molar-refractivity contribution in [1.29, 1.82) is 0 Å². The molecule has 1 rings (SSSR count). The summed E-state index contributed by atoms with van der Waals surface area (Å²) in [7, 11) is 1.59. The Labute approximate surface area is 147 Å². The topological polar surface area (TPSA) is 55.4 Å². The van der Waals surface area contributed by atoms with E-state index < -0.39 is 5.79 Å². The van der Waals surface area contributed by atoms with Crippen LogP contribution in [0.1, 0.15) is 20.8 Å². The van der Waals surface area contributed by atoms with E-state index in [-0.39, 0.29) is 25.1 Å². The van der Waals surface area contributed by atoms with Crippen LogP contribution in [0.25, 0.3) is 0 Å². The van der Waals surface area contributed by atoms with Gasteiger partial charge in [-0.1, -0.05) is 28.1 Å². The molecular weight excluding hydrogens is 368 g/mol. The molecule has 23 heavy (non-hydrogen) atoms. The minimum atomic E-state index is -0.617. The van der Waals surface area contributed by atoms with E-state index in [1.165, 1.54) is 0 Å². The Bertz CT molecular complexity index is 337. The molecule has 0 aromatic rings. The second-order valence-corrected chi connectivity index (χ2v) is 6.17. The molecule has 0 radical (unpaired) electrons. The first-order valence-electron chi connectivity index (χ1n) is 7.88. The fraction of sp³-hybridized carbons (Fsp3) is 0.875. The summed E-state index contributed by atoms with van der Waals surface area (Å²) in [6, 6.07) is 0. The number of alkyl halides is 1. The van der Waals surface area contributed by atoms with E-state index in [4.69, 9.17) is 28.4 Å². The molecule has 0 N–H and O–H groups in total. The first-order chi connectivity index (χ1) is 11.0. The molecule has 0 aliphatic carbocycles. The quantitative estimate of drug-likeness (QED) is 0.218. The van der Waals surface area contributed by atoms with Gasteiger partial charge in [-0.15, -0.1) is 0 Å². The van der Waals surface area contributed by atoms with Crippen LogP contribution in [0.4, 0.5) is 0 Å². The summed E-state index contributed by atoms with van der Waals surface area (Å²) < 4.78 is 33.7. The summed E-state index contributed by atoms with van der Waals surface area (Å²) in [6.45, 7) is 8.04. The van der Waals surface area contributed by atoms with Crippen molar-refractivity contribution in [2.45, 2.75) is 44.9 Å². The molecule has 7 heteroatoms. The molecule has 6 nitrogen and oxygen atoms in total. The largest absolute Gasteiger partial charge is 0.379 e. The SMILES string of the molecule is CCOCCO[C@H](/C=C/CBr)[C@@H](OCOC)[C@H]1COC(C)(C)O1. The molecule has 1 aliphatic heterocycles. The van der Waals surface area contributed by atoms with Crippen LogP contribution >= 0.6 is 15.9 Å². The van der Waals surface area contributed by atoms with Crippen LogP contribution in [0.15, 0.2) is 12.2 Å². The highest BCUT2D eigenvalue weighted by atomic mass is 79.9. The van der Waals surface area contributed by atoms with Gasteiger partial charge in [-0.05, 0) is 20.8 Å². The Morgan fingerprint density at radius 3 is 2.65 bits per heavy atom. The summed E-state index contributed by atoms with van der Waals surface area (Å²) in [5.74, 6) is -0.617. The highest BCUT2D eigenvalue weighted by molar-refractivity contribution is 9.09. The minimum absolute atomic E-state index is 0.165. The second-order valence-electron chi connectivity index (χ2n) is 5.52. The Kier molecular flexibility index (Phi) is 10.5. The third-order valence-electron chi connectivity index (χ3n) is 3.26. The summed E-state index contributed by atoms with van der Waals surface area (Å²) in [5, 5.41) is 0.739. The number of hydrogen-bond donors (Lipinski definition) is 0. The molecular formula is C16H29BrO6. The molecule has 0 amide bonds. The van der Waals surface area contributed by atoms with E-state index >= 15 is 0 Å². The maximum Gasteiger partial charge on any atom is 0.163 e. The van der Waals surface area contributed by atoms with Crippen molar-refractivity contribution in [3.05, 3.63) is 12.2 Å². The molecule has 3 atom stereocenters. The van der Waals surface area contributed by atoms with Crippen LogP contribution in [0, 0.1) is 0 Å². The number of halogens is 1. The maximum atomic E-state index is 5.94. The zero-order valence-electron chi connectivity index (χ0n) is 14.5. The van der Waals surface area contributed by atoms with Gasteiger partial charge >= 0.3 is 0 Å². The Balaban J connectivity index is 2.72. The van der Waals surface area contributed by atoms with E-state index in [1.54, 1.807) is 7.11 Å². The number of rotatable bonds is 12. The normalized spacial score (nSPS) is 23.4. The molecule has 0 spiro atoms. The lowest BCUT2D eigenvalue weighted by Crippen LogP contribution is -2.43. The average molecular weight is 397 g/mol. The highest BCUT2D eigenvalue weighted by Gasteiger charge is 2.41. The maximum absolute atomic E-state index is 5.94. The molecule has 1 saturated heterocycles. The van der Waals surface area contributed by atoms with E-state index in [9.17, 15) is 0 Å². The third kappa shape index (κ3) is 8.07. The van der Waals surface area contributed by atoms with Crippen molar-refractivity contribution >= 4 is 15.9 Å². The molecule has 1 aliphatic rings. The molecule has 0 bridgehead atoms. The fourth-order valence-electron chi connectivity index (χ4n) is 2.27. The smallest absolute Gasteiger partial charge is 0.163 e. The zero-order valence-corrected chi connectivity index (χ0v) is 16.0. The summed E-state index contributed by atoms with van der Waals surface area (Å²) in [4.78, 5) is 0. The van der Waals surface area contributed by atoms with Gasteiger partial charge in [-0.2, -0.15) is 0 Å². The molecule has 0 unspecified atom stereocenters.